The molecule has 2 amide bonds. The summed E-state index contributed by atoms with van der Waals surface area (Å²) < 4.78 is 14.1. The van der Waals surface area contributed by atoms with E-state index in [2.05, 4.69) is 0 Å². The van der Waals surface area contributed by atoms with Crippen LogP contribution in [0.25, 0.3) is 0 Å². The van der Waals surface area contributed by atoms with Gasteiger partial charge in [-0.3, -0.25) is 9.59 Å². The van der Waals surface area contributed by atoms with Crippen LogP contribution in [0.5, 0.6) is 0 Å². The van der Waals surface area contributed by atoms with Crippen molar-refractivity contribution in [3.8, 4) is 0 Å². The van der Waals surface area contributed by atoms with Crippen molar-refractivity contribution in [1.29, 1.82) is 0 Å². The monoisotopic (exact) mass is 410 g/mol. The Morgan fingerprint density at radius 3 is 2.23 bits per heavy atom. The van der Waals surface area contributed by atoms with Crippen molar-refractivity contribution in [3.63, 3.8) is 0 Å². The summed E-state index contributed by atoms with van der Waals surface area (Å²) in [4.78, 5) is 29.1. The predicted octanol–water partition coefficient (Wildman–Crippen LogP) is 5.10. The van der Waals surface area contributed by atoms with E-state index in [9.17, 15) is 14.0 Å². The quantitative estimate of drug-likeness (QED) is 0.691. The Labute approximate surface area is 178 Å². The Balaban J connectivity index is 1.87. The number of hydrogen-bond acceptors (Lipinski definition) is 2. The Morgan fingerprint density at radius 1 is 0.867 bits per heavy atom. The van der Waals surface area contributed by atoms with Gasteiger partial charge in [0.2, 0.25) is 11.8 Å². The number of amides is 2. The molecular weight excluding hydrogens is 379 g/mol. The molecule has 160 valence electrons. The second-order valence-electron chi connectivity index (χ2n) is 8.00. The fourth-order valence-electron chi connectivity index (χ4n) is 4.05. The van der Waals surface area contributed by atoms with E-state index >= 15 is 0 Å². The van der Waals surface area contributed by atoms with Crippen LogP contribution in [0.2, 0.25) is 0 Å². The van der Waals surface area contributed by atoms with Crippen molar-refractivity contribution in [2.45, 2.75) is 58.4 Å². The highest BCUT2D eigenvalue weighted by molar-refractivity contribution is 5.92. The summed E-state index contributed by atoms with van der Waals surface area (Å²) in [6.07, 6.45) is 6.39. The molecule has 0 spiro atoms. The minimum atomic E-state index is -0.347. The molecule has 0 N–H and O–H groups in total. The molecule has 0 bridgehead atoms. The van der Waals surface area contributed by atoms with Crippen LogP contribution >= 0.6 is 0 Å². The number of halogens is 1. The fraction of sp³-hybridized carbons (Fsp3) is 0.440. The zero-order chi connectivity index (χ0) is 21.3. The third-order valence-corrected chi connectivity index (χ3v) is 5.74. The highest BCUT2D eigenvalue weighted by atomic mass is 19.1. The number of para-hydroxylation sites is 1. The minimum Gasteiger partial charge on any atom is -0.338 e. The summed E-state index contributed by atoms with van der Waals surface area (Å²) in [6.45, 7) is 3.35. The normalized spacial score (nSPS) is 16.1. The molecule has 2 aromatic rings. The average molecular weight is 411 g/mol. The predicted molar refractivity (Wildman–Crippen MR) is 118 cm³/mol. The van der Waals surface area contributed by atoms with Gasteiger partial charge in [-0.15, -0.1) is 0 Å². The van der Waals surface area contributed by atoms with E-state index in [-0.39, 0.29) is 24.1 Å². The van der Waals surface area contributed by atoms with Gasteiger partial charge in [0.1, 0.15) is 5.82 Å². The average Bonchev–Trinajstić information content (AvgIpc) is 2.75. The molecule has 0 unspecified atom stereocenters. The maximum absolute atomic E-state index is 14.1. The number of carbonyl (C=O) groups excluding carboxylic acids is 2. The van der Waals surface area contributed by atoms with Gasteiger partial charge in [0.05, 0.1) is 6.42 Å². The first-order chi connectivity index (χ1) is 14.6. The molecule has 0 saturated heterocycles. The molecule has 0 saturated carbocycles. The van der Waals surface area contributed by atoms with Gasteiger partial charge >= 0.3 is 0 Å². The molecule has 0 aliphatic carbocycles. The standard InChI is InChI=1S/C25H31FN2O2/c1-20(29)28-17-11-5-3-2-4-10-16-27(19-22-13-7-9-15-24(22)28)25(30)18-21-12-6-8-14-23(21)26/h6-9,12-15H,2-5,10-11,16-19H2,1H3. The van der Waals surface area contributed by atoms with Crippen LogP contribution in [0.1, 0.15) is 56.6 Å². The van der Waals surface area contributed by atoms with Crippen molar-refractivity contribution < 1.29 is 14.0 Å². The third-order valence-electron chi connectivity index (χ3n) is 5.74. The molecule has 0 fully saturated rings. The number of benzene rings is 2. The number of rotatable bonds is 2. The second kappa shape index (κ2) is 10.9. The van der Waals surface area contributed by atoms with Gasteiger partial charge in [0, 0.05) is 32.2 Å². The van der Waals surface area contributed by atoms with Gasteiger partial charge in [-0.2, -0.15) is 0 Å². The van der Waals surface area contributed by atoms with Crippen LogP contribution in [0.15, 0.2) is 48.5 Å². The Hall–Kier alpha value is -2.69. The number of hydrogen-bond donors (Lipinski definition) is 0. The zero-order valence-corrected chi connectivity index (χ0v) is 17.8. The van der Waals surface area contributed by atoms with Crippen LogP contribution in [0, 0.1) is 5.82 Å². The van der Waals surface area contributed by atoms with Gasteiger partial charge in [-0.25, -0.2) is 4.39 Å². The molecule has 1 aliphatic heterocycles. The maximum Gasteiger partial charge on any atom is 0.227 e. The molecule has 2 aromatic carbocycles. The lowest BCUT2D eigenvalue weighted by Gasteiger charge is -2.28. The van der Waals surface area contributed by atoms with Gasteiger partial charge in [0.25, 0.3) is 0 Å². The first-order valence-electron chi connectivity index (χ1n) is 10.9. The van der Waals surface area contributed by atoms with Gasteiger partial charge in [-0.1, -0.05) is 62.1 Å². The number of anilines is 1. The molecule has 1 aliphatic rings. The van der Waals surface area contributed by atoms with Crippen molar-refractivity contribution in [1.82, 2.24) is 4.90 Å². The fourth-order valence-corrected chi connectivity index (χ4v) is 4.05. The van der Waals surface area contributed by atoms with E-state index in [1.54, 1.807) is 25.1 Å². The lowest BCUT2D eigenvalue weighted by atomic mass is 10.1. The summed E-state index contributed by atoms with van der Waals surface area (Å²) in [6, 6.07) is 14.2. The first-order valence-corrected chi connectivity index (χ1v) is 10.9. The van der Waals surface area contributed by atoms with Crippen LogP contribution in [0.3, 0.4) is 0 Å². The van der Waals surface area contributed by atoms with E-state index < -0.39 is 0 Å². The van der Waals surface area contributed by atoms with Crippen molar-refractivity contribution in [3.05, 3.63) is 65.5 Å². The zero-order valence-electron chi connectivity index (χ0n) is 17.8. The molecule has 0 aromatic heterocycles. The highest BCUT2D eigenvalue weighted by Gasteiger charge is 2.20. The molecule has 3 rings (SSSR count). The van der Waals surface area contributed by atoms with E-state index in [1.165, 1.54) is 6.07 Å². The van der Waals surface area contributed by atoms with E-state index in [0.29, 0.717) is 25.2 Å². The van der Waals surface area contributed by atoms with Crippen LogP contribution in [-0.4, -0.2) is 29.8 Å². The summed E-state index contributed by atoms with van der Waals surface area (Å²) in [5.74, 6) is -0.416. The van der Waals surface area contributed by atoms with Gasteiger partial charge in [-0.05, 0) is 36.1 Å². The Bertz CT molecular complexity index is 868. The number of fused-ring (bicyclic) bond motifs is 1. The molecule has 0 atom stereocenters. The smallest absolute Gasteiger partial charge is 0.227 e. The lowest BCUT2D eigenvalue weighted by molar-refractivity contribution is -0.131. The molecule has 1 heterocycles. The first kappa shape index (κ1) is 22.0. The van der Waals surface area contributed by atoms with Crippen LogP contribution < -0.4 is 4.90 Å². The Morgan fingerprint density at radius 2 is 1.50 bits per heavy atom. The van der Waals surface area contributed by atoms with Gasteiger partial charge < -0.3 is 9.80 Å². The molecule has 0 radical (unpaired) electrons. The topological polar surface area (TPSA) is 40.6 Å². The van der Waals surface area contributed by atoms with E-state index in [0.717, 1.165) is 49.8 Å². The second-order valence-corrected chi connectivity index (χ2v) is 8.00. The molecule has 5 heteroatoms. The van der Waals surface area contributed by atoms with Gasteiger partial charge in [0.15, 0.2) is 0 Å². The molecular formula is C25H31FN2O2. The Kier molecular flexibility index (Phi) is 8.00. The van der Waals surface area contributed by atoms with Crippen LogP contribution in [-0.2, 0) is 22.6 Å². The van der Waals surface area contributed by atoms with Crippen molar-refractivity contribution in [2.24, 2.45) is 0 Å². The largest absolute Gasteiger partial charge is 0.338 e. The molecule has 4 nitrogen and oxygen atoms in total. The summed E-state index contributed by atoms with van der Waals surface area (Å²) in [7, 11) is 0. The van der Waals surface area contributed by atoms with Crippen molar-refractivity contribution >= 4 is 17.5 Å². The van der Waals surface area contributed by atoms with E-state index in [4.69, 9.17) is 0 Å². The number of carbonyl (C=O) groups is 2. The highest BCUT2D eigenvalue weighted by Crippen LogP contribution is 2.24. The third kappa shape index (κ3) is 5.91. The molecule has 30 heavy (non-hydrogen) atoms. The number of nitrogens with zero attached hydrogens (tertiary/aromatic N) is 2. The minimum absolute atomic E-state index is 0.0153. The van der Waals surface area contributed by atoms with E-state index in [1.807, 2.05) is 34.1 Å². The lowest BCUT2D eigenvalue weighted by Crippen LogP contribution is -2.35. The summed E-state index contributed by atoms with van der Waals surface area (Å²) in [5.41, 5.74) is 2.24. The summed E-state index contributed by atoms with van der Waals surface area (Å²) >= 11 is 0. The maximum atomic E-state index is 14.1. The SMILES string of the molecule is CC(=O)N1CCCCCCCCN(C(=O)Cc2ccccc2F)Cc2ccccc21. The summed E-state index contributed by atoms with van der Waals surface area (Å²) in [5, 5.41) is 0. The van der Waals surface area contributed by atoms with Crippen molar-refractivity contribution in [2.75, 3.05) is 18.0 Å². The van der Waals surface area contributed by atoms with Crippen LogP contribution in [0.4, 0.5) is 10.1 Å².